The smallest absolute Gasteiger partial charge is 0.278 e. The summed E-state index contributed by atoms with van der Waals surface area (Å²) in [6.07, 6.45) is 18.3. The molecule has 0 saturated carbocycles. The Morgan fingerprint density at radius 2 is 1.41 bits per heavy atom. The van der Waals surface area contributed by atoms with E-state index >= 15 is 0 Å². The average Bonchev–Trinajstić information content (AvgIpc) is 2.73. The van der Waals surface area contributed by atoms with Crippen LogP contribution in [0.5, 0.6) is 0 Å². The number of rotatable bonds is 17. The maximum atomic E-state index is 12.4. The Morgan fingerprint density at radius 1 is 0.931 bits per heavy atom. The molecule has 0 fully saturated rings. The highest BCUT2D eigenvalue weighted by molar-refractivity contribution is 5.94. The molecule has 5 heteroatoms. The van der Waals surface area contributed by atoms with Crippen molar-refractivity contribution in [3.8, 4) is 0 Å². The van der Waals surface area contributed by atoms with Gasteiger partial charge in [-0.2, -0.15) is 0 Å². The number of nitro benzene ring substituents is 1. The minimum absolute atomic E-state index is 0.166. The lowest BCUT2D eigenvalue weighted by atomic mass is 10.0. The number of carbonyl (C=O) groups excluding carboxylic acids is 1. The summed E-state index contributed by atoms with van der Waals surface area (Å²) in [4.78, 5) is 24.3. The molecule has 0 bridgehead atoms. The Kier molecular flexibility index (Phi) is 13.8. The van der Waals surface area contributed by atoms with Crippen LogP contribution in [0.2, 0.25) is 0 Å². The number of unbranched alkanes of at least 4 members (excludes halogenated alkanes) is 13. The molecule has 0 atom stereocenters. The van der Waals surface area contributed by atoms with E-state index in [1.807, 2.05) is 0 Å². The monoisotopic (exact) mass is 403 g/mol. The van der Waals surface area contributed by atoms with Crippen LogP contribution in [0.3, 0.4) is 0 Å². The van der Waals surface area contributed by atoms with Crippen LogP contribution in [-0.2, 0) is 0 Å². The van der Waals surface area contributed by atoms with Crippen molar-refractivity contribution < 1.29 is 9.72 Å². The van der Waals surface area contributed by atoms with E-state index in [1.165, 1.54) is 89.2 Å². The molecule has 5 nitrogen and oxygen atoms in total. The Bertz CT molecular complexity index is 589. The van der Waals surface area contributed by atoms with Crippen molar-refractivity contribution in [2.75, 3.05) is 13.6 Å². The summed E-state index contributed by atoms with van der Waals surface area (Å²) in [6, 6.07) is 6.84. The normalized spacial score (nSPS) is 10.8. The van der Waals surface area contributed by atoms with Crippen LogP contribution in [0.1, 0.15) is 107 Å². The van der Waals surface area contributed by atoms with Gasteiger partial charge in [0.05, 0.1) is 11.0 Å². The van der Waals surface area contributed by atoms with Gasteiger partial charge in [0.25, 0.3) is 11.6 Å². The number of benzene rings is 1. The van der Waals surface area contributed by atoms with E-state index in [9.17, 15) is 14.9 Å². The van der Waals surface area contributed by atoms with Gasteiger partial charge in [0.15, 0.2) is 0 Å². The molecule has 0 saturated heterocycles. The number of nitro groups is 1. The number of carbonyl (C=O) groups is 1. The van der Waals surface area contributed by atoms with E-state index in [1.54, 1.807) is 18.0 Å². The maximum Gasteiger partial charge on any atom is 0.278 e. The first-order valence-electron chi connectivity index (χ1n) is 11.5. The molecule has 0 heterocycles. The second-order valence-corrected chi connectivity index (χ2v) is 8.04. The van der Waals surface area contributed by atoms with Gasteiger partial charge in [0.1, 0.15) is 0 Å². The van der Waals surface area contributed by atoms with E-state index in [-0.39, 0.29) is 11.6 Å². The predicted octanol–water partition coefficient (Wildman–Crippen LogP) is 6.95. The molecule has 0 aliphatic rings. The van der Waals surface area contributed by atoms with Crippen LogP contribution < -0.4 is 0 Å². The first kappa shape index (κ1) is 25.1. The summed E-state index contributed by atoms with van der Waals surface area (Å²) in [7, 11) is 1.76. The molecule has 0 aromatic heterocycles. The van der Waals surface area contributed by atoms with Crippen molar-refractivity contribution in [1.29, 1.82) is 0 Å². The summed E-state index contributed by atoms with van der Waals surface area (Å²) < 4.78 is 0. The van der Waals surface area contributed by atoms with Gasteiger partial charge in [-0.05, 0) is 18.6 Å². The minimum atomic E-state index is -0.523. The van der Waals surface area contributed by atoms with Crippen molar-refractivity contribution in [3.05, 3.63) is 39.9 Å². The van der Waals surface area contributed by atoms with Crippen LogP contribution in [0.4, 0.5) is 5.69 Å². The second kappa shape index (κ2) is 15.9. The highest BCUT2D eigenvalue weighted by Gasteiger charge is 2.15. The number of hydrogen-bond acceptors (Lipinski definition) is 3. The maximum absolute atomic E-state index is 12.4. The third-order valence-electron chi connectivity index (χ3n) is 5.42. The topological polar surface area (TPSA) is 63.5 Å². The summed E-state index contributed by atoms with van der Waals surface area (Å²) in [5.41, 5.74) is 0.184. The molecule has 163 valence electrons. The van der Waals surface area contributed by atoms with Gasteiger partial charge in [0, 0.05) is 25.2 Å². The van der Waals surface area contributed by atoms with E-state index < -0.39 is 4.92 Å². The first-order chi connectivity index (χ1) is 14.1. The van der Waals surface area contributed by atoms with Crippen molar-refractivity contribution in [3.63, 3.8) is 0 Å². The average molecular weight is 404 g/mol. The number of hydrogen-bond donors (Lipinski definition) is 0. The van der Waals surface area contributed by atoms with Crippen LogP contribution in [0, 0.1) is 16.2 Å². The van der Waals surface area contributed by atoms with Gasteiger partial charge in [0.2, 0.25) is 0 Å². The summed E-state index contributed by atoms with van der Waals surface area (Å²) in [5, 5.41) is 10.8. The molecule has 0 unspecified atom stereocenters. The first-order valence-corrected chi connectivity index (χ1v) is 11.5. The van der Waals surface area contributed by atoms with Crippen molar-refractivity contribution in [2.24, 2.45) is 0 Å². The van der Waals surface area contributed by atoms with E-state index in [2.05, 4.69) is 13.0 Å². The quantitative estimate of drug-likeness (QED) is 0.161. The largest absolute Gasteiger partial charge is 0.342 e. The molecular formula is C24H39N2O3. The molecule has 0 spiro atoms. The number of non-ortho nitro benzene ring substituents is 1. The third kappa shape index (κ3) is 11.6. The molecule has 0 N–H and O–H groups in total. The second-order valence-electron chi connectivity index (χ2n) is 8.04. The molecule has 29 heavy (non-hydrogen) atoms. The molecule has 0 aliphatic carbocycles. The van der Waals surface area contributed by atoms with Gasteiger partial charge in [-0.1, -0.05) is 90.4 Å². The highest BCUT2D eigenvalue weighted by Crippen LogP contribution is 2.15. The van der Waals surface area contributed by atoms with Gasteiger partial charge in [-0.25, -0.2) is 0 Å². The van der Waals surface area contributed by atoms with E-state index in [0.717, 1.165) is 12.8 Å². The molecular weight excluding hydrogens is 364 g/mol. The van der Waals surface area contributed by atoms with Gasteiger partial charge in [-0.15, -0.1) is 0 Å². The lowest BCUT2D eigenvalue weighted by molar-refractivity contribution is -0.385. The molecule has 1 radical (unpaired) electrons. The van der Waals surface area contributed by atoms with Crippen LogP contribution in [-0.4, -0.2) is 29.3 Å². The Balaban J connectivity index is 2.01. The lowest BCUT2D eigenvalue weighted by Gasteiger charge is -2.17. The molecule has 1 rings (SSSR count). The zero-order valence-corrected chi connectivity index (χ0v) is 18.5. The minimum Gasteiger partial charge on any atom is -0.342 e. The zero-order chi connectivity index (χ0) is 21.3. The van der Waals surface area contributed by atoms with E-state index in [4.69, 9.17) is 0 Å². The van der Waals surface area contributed by atoms with E-state index in [0.29, 0.717) is 12.1 Å². The van der Waals surface area contributed by atoms with Crippen LogP contribution >= 0.6 is 0 Å². The molecule has 1 aromatic rings. The van der Waals surface area contributed by atoms with Crippen molar-refractivity contribution >= 4 is 11.6 Å². The Labute approximate surface area is 177 Å². The summed E-state index contributed by atoms with van der Waals surface area (Å²) >= 11 is 0. The Morgan fingerprint density at radius 3 is 1.90 bits per heavy atom. The van der Waals surface area contributed by atoms with Gasteiger partial charge < -0.3 is 4.90 Å². The summed E-state index contributed by atoms with van der Waals surface area (Å²) in [6.45, 7) is 2.94. The fourth-order valence-electron chi connectivity index (χ4n) is 3.56. The van der Waals surface area contributed by atoms with Crippen molar-refractivity contribution in [2.45, 2.75) is 96.8 Å². The van der Waals surface area contributed by atoms with Crippen LogP contribution in [0.25, 0.3) is 0 Å². The SMILES string of the molecule is CCCCCCCCCCCCCCCCN(C)C(=O)c1cc[c]c([N+](=O)[O-])c1. The third-order valence-corrected chi connectivity index (χ3v) is 5.42. The van der Waals surface area contributed by atoms with Crippen molar-refractivity contribution in [1.82, 2.24) is 4.90 Å². The zero-order valence-electron chi connectivity index (χ0n) is 18.5. The number of amides is 1. The summed E-state index contributed by atoms with van der Waals surface area (Å²) in [5.74, 6) is -0.170. The Hall–Kier alpha value is -1.91. The fraction of sp³-hybridized carbons (Fsp3) is 0.708. The number of nitrogens with zero attached hydrogens (tertiary/aromatic N) is 2. The standard InChI is InChI=1S/C24H39N2O3/c1-3-4-5-6-7-8-9-10-11-12-13-14-15-16-20-25(2)24(27)22-18-17-19-23(21-22)26(28)29/h17-18,21H,3-16,20H2,1-2H3. The lowest BCUT2D eigenvalue weighted by Crippen LogP contribution is -2.27. The predicted molar refractivity (Wildman–Crippen MR) is 119 cm³/mol. The highest BCUT2D eigenvalue weighted by atomic mass is 16.6. The van der Waals surface area contributed by atoms with Gasteiger partial charge in [-0.3, -0.25) is 14.9 Å². The fourth-order valence-corrected chi connectivity index (χ4v) is 3.56. The van der Waals surface area contributed by atoms with Crippen LogP contribution in [0.15, 0.2) is 18.2 Å². The molecule has 1 amide bonds. The molecule has 1 aromatic carbocycles. The molecule has 0 aliphatic heterocycles. The van der Waals surface area contributed by atoms with Gasteiger partial charge >= 0.3 is 0 Å².